The molecule has 0 fully saturated rings. The fraction of sp³-hybridized carbons (Fsp3) is 0.500. The molecule has 0 bridgehead atoms. The maximum atomic E-state index is 2.40. The highest BCUT2D eigenvalue weighted by molar-refractivity contribution is 5.14. The number of allylic oxidation sites excluding steroid dienone is 4. The van der Waals surface area contributed by atoms with Crippen molar-refractivity contribution in [2.45, 2.75) is 59.3 Å². The molecule has 0 heterocycles. The second kappa shape index (κ2) is 10.5. The maximum Gasteiger partial charge on any atom is -0.0279 e. The molecule has 0 aliphatic carbocycles. The van der Waals surface area contributed by atoms with E-state index in [0.717, 1.165) is 5.92 Å². The Morgan fingerprint density at radius 2 is 1.80 bits per heavy atom. The fourth-order valence-corrected chi connectivity index (χ4v) is 2.52. The van der Waals surface area contributed by atoms with E-state index in [0.29, 0.717) is 0 Å². The van der Waals surface area contributed by atoms with Gasteiger partial charge >= 0.3 is 0 Å². The van der Waals surface area contributed by atoms with Crippen molar-refractivity contribution < 1.29 is 0 Å². The van der Waals surface area contributed by atoms with E-state index < -0.39 is 0 Å². The molecule has 1 rings (SSSR count). The quantitative estimate of drug-likeness (QED) is 0.459. The number of rotatable bonds is 9. The van der Waals surface area contributed by atoms with Gasteiger partial charge in [-0.3, -0.25) is 0 Å². The van der Waals surface area contributed by atoms with Crippen LogP contribution < -0.4 is 0 Å². The van der Waals surface area contributed by atoms with Crippen LogP contribution in [0.5, 0.6) is 0 Å². The molecule has 1 aromatic carbocycles. The summed E-state index contributed by atoms with van der Waals surface area (Å²) in [6, 6.07) is 10.8. The first kappa shape index (κ1) is 16.8. The Morgan fingerprint density at radius 3 is 2.50 bits per heavy atom. The molecule has 0 aliphatic heterocycles. The molecule has 0 spiro atoms. The van der Waals surface area contributed by atoms with Crippen LogP contribution in [0.1, 0.15) is 58.4 Å². The molecule has 20 heavy (non-hydrogen) atoms. The molecule has 0 radical (unpaired) electrons. The SMILES string of the molecule is C/C=C\C=C(/C)CCCC(C)CCCc1ccccc1. The van der Waals surface area contributed by atoms with Crippen molar-refractivity contribution >= 4 is 0 Å². The monoisotopic (exact) mass is 270 g/mol. The van der Waals surface area contributed by atoms with E-state index >= 15 is 0 Å². The molecule has 0 aliphatic rings. The smallest absolute Gasteiger partial charge is 0.0279 e. The molecule has 0 N–H and O–H groups in total. The molecule has 1 unspecified atom stereocenters. The minimum Gasteiger partial charge on any atom is -0.0877 e. The number of hydrogen-bond acceptors (Lipinski definition) is 0. The summed E-state index contributed by atoms with van der Waals surface area (Å²) in [5.41, 5.74) is 2.98. The Kier molecular flexibility index (Phi) is 8.78. The van der Waals surface area contributed by atoms with Gasteiger partial charge in [-0.05, 0) is 51.0 Å². The highest BCUT2D eigenvalue weighted by Gasteiger charge is 2.02. The van der Waals surface area contributed by atoms with Crippen LogP contribution in [0.25, 0.3) is 0 Å². The summed E-state index contributed by atoms with van der Waals surface area (Å²) in [6.07, 6.45) is 14.3. The normalized spacial score (nSPS) is 13.8. The zero-order chi connectivity index (χ0) is 14.6. The molecule has 1 aromatic rings. The van der Waals surface area contributed by atoms with E-state index in [9.17, 15) is 0 Å². The molecular formula is C20H30. The molecule has 1 atom stereocenters. The van der Waals surface area contributed by atoms with Gasteiger partial charge in [-0.15, -0.1) is 0 Å². The van der Waals surface area contributed by atoms with Crippen LogP contribution in [0.4, 0.5) is 0 Å². The van der Waals surface area contributed by atoms with Crippen LogP contribution in [-0.4, -0.2) is 0 Å². The first-order valence-corrected chi connectivity index (χ1v) is 8.04. The summed E-state index contributed by atoms with van der Waals surface area (Å²) in [4.78, 5) is 0. The van der Waals surface area contributed by atoms with Crippen molar-refractivity contribution in [3.8, 4) is 0 Å². The second-order valence-electron chi connectivity index (χ2n) is 5.91. The molecular weight excluding hydrogens is 240 g/mol. The van der Waals surface area contributed by atoms with Crippen LogP contribution in [0.15, 0.2) is 54.1 Å². The summed E-state index contributed by atoms with van der Waals surface area (Å²) in [7, 11) is 0. The standard InChI is InChI=1S/C20H30/c1-4-5-11-18(2)12-9-13-19(3)14-10-17-20-15-7-6-8-16-20/h4-8,11,15-16,19H,9-10,12-14,17H2,1-3H3/b5-4-,18-11+. The Labute approximate surface area is 125 Å². The van der Waals surface area contributed by atoms with Crippen LogP contribution in [-0.2, 0) is 6.42 Å². The van der Waals surface area contributed by atoms with Crippen molar-refractivity contribution in [1.82, 2.24) is 0 Å². The minimum atomic E-state index is 0.855. The predicted molar refractivity (Wildman–Crippen MR) is 91.0 cm³/mol. The van der Waals surface area contributed by atoms with E-state index in [4.69, 9.17) is 0 Å². The average molecular weight is 270 g/mol. The first-order valence-electron chi connectivity index (χ1n) is 8.04. The summed E-state index contributed by atoms with van der Waals surface area (Å²) >= 11 is 0. The maximum absolute atomic E-state index is 2.40. The lowest BCUT2D eigenvalue weighted by Gasteiger charge is -2.11. The summed E-state index contributed by atoms with van der Waals surface area (Å²) < 4.78 is 0. The van der Waals surface area contributed by atoms with Crippen molar-refractivity contribution in [3.05, 3.63) is 59.7 Å². The molecule has 0 amide bonds. The van der Waals surface area contributed by atoms with Crippen molar-refractivity contribution in [2.75, 3.05) is 0 Å². The van der Waals surface area contributed by atoms with Crippen LogP contribution >= 0.6 is 0 Å². The van der Waals surface area contributed by atoms with Gasteiger partial charge in [0.2, 0.25) is 0 Å². The molecule has 0 nitrogen and oxygen atoms in total. The topological polar surface area (TPSA) is 0 Å². The van der Waals surface area contributed by atoms with Crippen molar-refractivity contribution in [2.24, 2.45) is 5.92 Å². The largest absolute Gasteiger partial charge is 0.0877 e. The van der Waals surface area contributed by atoms with Crippen LogP contribution in [0.3, 0.4) is 0 Å². The van der Waals surface area contributed by atoms with Gasteiger partial charge in [0.15, 0.2) is 0 Å². The number of hydrogen-bond donors (Lipinski definition) is 0. The van der Waals surface area contributed by atoms with E-state index in [2.05, 4.69) is 69.3 Å². The van der Waals surface area contributed by atoms with E-state index in [-0.39, 0.29) is 0 Å². The first-order chi connectivity index (χ1) is 9.72. The van der Waals surface area contributed by atoms with Crippen LogP contribution in [0.2, 0.25) is 0 Å². The van der Waals surface area contributed by atoms with Gasteiger partial charge in [0.1, 0.15) is 0 Å². The van der Waals surface area contributed by atoms with Gasteiger partial charge in [-0.2, -0.15) is 0 Å². The number of benzene rings is 1. The molecule has 0 heteroatoms. The zero-order valence-electron chi connectivity index (χ0n) is 13.4. The van der Waals surface area contributed by atoms with E-state index in [1.54, 1.807) is 0 Å². The Balaban J connectivity index is 2.10. The Morgan fingerprint density at radius 1 is 1.10 bits per heavy atom. The van der Waals surface area contributed by atoms with Crippen molar-refractivity contribution in [1.29, 1.82) is 0 Å². The third-order valence-electron chi connectivity index (χ3n) is 3.85. The Bertz CT molecular complexity index is 397. The lowest BCUT2D eigenvalue weighted by molar-refractivity contribution is 0.459. The predicted octanol–water partition coefficient (Wildman–Crippen LogP) is 6.34. The average Bonchev–Trinajstić information content (AvgIpc) is 2.46. The summed E-state index contributed by atoms with van der Waals surface area (Å²) in [6.45, 7) is 6.70. The van der Waals surface area contributed by atoms with Gasteiger partial charge in [0.05, 0.1) is 0 Å². The van der Waals surface area contributed by atoms with Gasteiger partial charge in [0.25, 0.3) is 0 Å². The molecule has 0 saturated carbocycles. The van der Waals surface area contributed by atoms with Gasteiger partial charge in [-0.1, -0.05) is 73.9 Å². The summed E-state index contributed by atoms with van der Waals surface area (Å²) in [5, 5.41) is 0. The lowest BCUT2D eigenvalue weighted by atomic mass is 9.95. The van der Waals surface area contributed by atoms with Gasteiger partial charge in [0, 0.05) is 0 Å². The summed E-state index contributed by atoms with van der Waals surface area (Å²) in [5.74, 6) is 0.855. The highest BCUT2D eigenvalue weighted by Crippen LogP contribution is 2.18. The Hall–Kier alpha value is -1.30. The highest BCUT2D eigenvalue weighted by atomic mass is 14.1. The van der Waals surface area contributed by atoms with E-state index in [1.807, 2.05) is 0 Å². The molecule has 0 aromatic heterocycles. The van der Waals surface area contributed by atoms with Crippen molar-refractivity contribution in [3.63, 3.8) is 0 Å². The minimum absolute atomic E-state index is 0.855. The third kappa shape index (κ3) is 7.99. The van der Waals surface area contributed by atoms with E-state index in [1.165, 1.54) is 49.7 Å². The molecule has 0 saturated heterocycles. The van der Waals surface area contributed by atoms with Crippen LogP contribution in [0, 0.1) is 5.92 Å². The number of aryl methyl sites for hydroxylation is 1. The fourth-order valence-electron chi connectivity index (χ4n) is 2.52. The third-order valence-corrected chi connectivity index (χ3v) is 3.85. The van der Waals surface area contributed by atoms with Gasteiger partial charge in [-0.25, -0.2) is 0 Å². The second-order valence-corrected chi connectivity index (χ2v) is 5.91. The lowest BCUT2D eigenvalue weighted by Crippen LogP contribution is -1.96. The zero-order valence-corrected chi connectivity index (χ0v) is 13.4. The van der Waals surface area contributed by atoms with Gasteiger partial charge < -0.3 is 0 Å². The molecule has 110 valence electrons.